The fraction of sp³-hybridized carbons (Fsp3) is 0.600. The second-order valence-electron chi connectivity index (χ2n) is 9.90. The quantitative estimate of drug-likeness (QED) is 0.0673. The molecule has 1 N–H and O–H groups in total. The van der Waals surface area contributed by atoms with E-state index in [1.807, 2.05) is 6.08 Å². The molecule has 0 aromatic heterocycles. The van der Waals surface area contributed by atoms with E-state index in [0.717, 1.165) is 64.2 Å². The van der Waals surface area contributed by atoms with Gasteiger partial charge in [0.15, 0.2) is 0 Å². The zero-order valence-electron chi connectivity index (χ0n) is 24.9. The van der Waals surface area contributed by atoms with Gasteiger partial charge in [-0.3, -0.25) is 9.59 Å². The van der Waals surface area contributed by atoms with E-state index in [1.54, 1.807) is 0 Å². The van der Waals surface area contributed by atoms with Gasteiger partial charge in [0.2, 0.25) is 0 Å². The van der Waals surface area contributed by atoms with Crippen molar-refractivity contribution in [1.82, 2.24) is 0 Å². The standard InChI is InChI=1S/C35H56O4/c1-3-5-7-9-11-13-14-15-16-18-20-22-28-32-35(38)39-33(30-26-23-24-27-31-34(36)37)29-25-21-19-17-12-10-8-6-4-2/h5,7,11,13,15-17,19-20,22,25,29,33H,3-4,6,8-10,12,14,18,21,23-24,26-28,30-32H2,1-2H3,(H,36,37)/b7-5-,13-11-,16-15-,19-17-,22-20-,29-25-. The van der Waals surface area contributed by atoms with Gasteiger partial charge in [0.25, 0.3) is 0 Å². The number of esters is 1. The number of aliphatic carboxylic acids is 1. The molecular formula is C35H56O4. The maximum absolute atomic E-state index is 12.4. The summed E-state index contributed by atoms with van der Waals surface area (Å²) < 4.78 is 5.77. The Morgan fingerprint density at radius 1 is 0.615 bits per heavy atom. The van der Waals surface area contributed by atoms with Crippen LogP contribution in [-0.4, -0.2) is 23.1 Å². The lowest BCUT2D eigenvalue weighted by molar-refractivity contribution is -0.147. The Hall–Kier alpha value is -2.62. The molecule has 0 saturated carbocycles. The van der Waals surface area contributed by atoms with Crippen LogP contribution in [0.3, 0.4) is 0 Å². The Kier molecular flexibility index (Phi) is 27.9. The van der Waals surface area contributed by atoms with Crippen molar-refractivity contribution in [3.05, 3.63) is 72.9 Å². The normalized spacial score (nSPS) is 13.3. The zero-order chi connectivity index (χ0) is 28.7. The Balaban J connectivity index is 4.35. The molecule has 0 aliphatic heterocycles. The highest BCUT2D eigenvalue weighted by Gasteiger charge is 2.11. The Morgan fingerprint density at radius 2 is 1.18 bits per heavy atom. The number of unbranched alkanes of at least 4 members (excludes halogenated alkanes) is 7. The fourth-order valence-corrected chi connectivity index (χ4v) is 3.91. The molecule has 0 bridgehead atoms. The first kappa shape index (κ1) is 36.4. The predicted octanol–water partition coefficient (Wildman–Crippen LogP) is 10.4. The van der Waals surface area contributed by atoms with Crippen LogP contribution >= 0.6 is 0 Å². The molecule has 0 heterocycles. The first-order chi connectivity index (χ1) is 19.1. The van der Waals surface area contributed by atoms with Crippen molar-refractivity contribution in [2.45, 2.75) is 136 Å². The highest BCUT2D eigenvalue weighted by Crippen LogP contribution is 2.13. The van der Waals surface area contributed by atoms with Crippen molar-refractivity contribution in [3.8, 4) is 0 Å². The molecular weight excluding hydrogens is 484 g/mol. The van der Waals surface area contributed by atoms with Crippen LogP contribution in [0, 0.1) is 0 Å². The van der Waals surface area contributed by atoms with Crippen molar-refractivity contribution >= 4 is 11.9 Å². The highest BCUT2D eigenvalue weighted by atomic mass is 16.5. The molecule has 0 aliphatic carbocycles. The lowest BCUT2D eigenvalue weighted by Gasteiger charge is -2.14. The minimum absolute atomic E-state index is 0.163. The number of ether oxygens (including phenoxy) is 1. The summed E-state index contributed by atoms with van der Waals surface area (Å²) >= 11 is 0. The minimum atomic E-state index is -0.739. The van der Waals surface area contributed by atoms with Crippen LogP contribution in [0.25, 0.3) is 0 Å². The molecule has 4 heteroatoms. The Morgan fingerprint density at radius 3 is 1.82 bits per heavy atom. The molecule has 0 fully saturated rings. The predicted molar refractivity (Wildman–Crippen MR) is 167 cm³/mol. The number of carbonyl (C=O) groups is 2. The number of carboxylic acid groups (broad SMARTS) is 1. The summed E-state index contributed by atoms with van der Waals surface area (Å²) in [7, 11) is 0. The smallest absolute Gasteiger partial charge is 0.306 e. The van der Waals surface area contributed by atoms with Crippen LogP contribution in [-0.2, 0) is 14.3 Å². The van der Waals surface area contributed by atoms with Gasteiger partial charge in [-0.15, -0.1) is 0 Å². The number of carboxylic acids is 1. The van der Waals surface area contributed by atoms with E-state index in [4.69, 9.17) is 9.84 Å². The molecule has 4 nitrogen and oxygen atoms in total. The first-order valence-electron chi connectivity index (χ1n) is 15.4. The van der Waals surface area contributed by atoms with Gasteiger partial charge in [-0.05, 0) is 76.7 Å². The van der Waals surface area contributed by atoms with E-state index < -0.39 is 5.97 Å². The van der Waals surface area contributed by atoms with Crippen LogP contribution in [0.15, 0.2) is 72.9 Å². The van der Waals surface area contributed by atoms with E-state index >= 15 is 0 Å². The minimum Gasteiger partial charge on any atom is -0.481 e. The van der Waals surface area contributed by atoms with E-state index in [0.29, 0.717) is 19.3 Å². The highest BCUT2D eigenvalue weighted by molar-refractivity contribution is 5.69. The molecule has 220 valence electrons. The Bertz CT molecular complexity index is 755. The molecule has 39 heavy (non-hydrogen) atoms. The lowest BCUT2D eigenvalue weighted by Crippen LogP contribution is -2.16. The summed E-state index contributed by atoms with van der Waals surface area (Å²) in [6, 6.07) is 0. The monoisotopic (exact) mass is 540 g/mol. The second-order valence-corrected chi connectivity index (χ2v) is 9.90. The van der Waals surface area contributed by atoms with Gasteiger partial charge in [-0.1, -0.05) is 113 Å². The van der Waals surface area contributed by atoms with Gasteiger partial charge in [-0.25, -0.2) is 0 Å². The van der Waals surface area contributed by atoms with E-state index in [2.05, 4.69) is 80.7 Å². The molecule has 0 spiro atoms. The maximum atomic E-state index is 12.4. The third-order valence-electron chi connectivity index (χ3n) is 6.16. The first-order valence-corrected chi connectivity index (χ1v) is 15.4. The summed E-state index contributed by atoms with van der Waals surface area (Å²) in [6.07, 6.45) is 42.1. The van der Waals surface area contributed by atoms with Crippen LogP contribution in [0.5, 0.6) is 0 Å². The summed E-state index contributed by atoms with van der Waals surface area (Å²) in [4.78, 5) is 23.1. The third-order valence-corrected chi connectivity index (χ3v) is 6.16. The van der Waals surface area contributed by atoms with Gasteiger partial charge < -0.3 is 9.84 Å². The van der Waals surface area contributed by atoms with Gasteiger partial charge in [0.1, 0.15) is 6.10 Å². The molecule has 1 atom stereocenters. The lowest BCUT2D eigenvalue weighted by atomic mass is 10.1. The molecule has 0 saturated heterocycles. The second kappa shape index (κ2) is 29.9. The summed E-state index contributed by atoms with van der Waals surface area (Å²) in [5.41, 5.74) is 0. The summed E-state index contributed by atoms with van der Waals surface area (Å²) in [5.74, 6) is -0.902. The summed E-state index contributed by atoms with van der Waals surface area (Å²) in [6.45, 7) is 4.37. The van der Waals surface area contributed by atoms with E-state index in [9.17, 15) is 9.59 Å². The average Bonchev–Trinajstić information content (AvgIpc) is 2.91. The average molecular weight is 541 g/mol. The zero-order valence-corrected chi connectivity index (χ0v) is 24.9. The molecule has 1 unspecified atom stereocenters. The van der Waals surface area contributed by atoms with Gasteiger partial charge in [0, 0.05) is 12.8 Å². The van der Waals surface area contributed by atoms with Crippen molar-refractivity contribution in [3.63, 3.8) is 0 Å². The van der Waals surface area contributed by atoms with Crippen LogP contribution < -0.4 is 0 Å². The molecule has 0 radical (unpaired) electrons. The third kappa shape index (κ3) is 29.8. The molecule has 0 aliphatic rings. The fourth-order valence-electron chi connectivity index (χ4n) is 3.91. The summed E-state index contributed by atoms with van der Waals surface area (Å²) in [5, 5.41) is 8.78. The largest absolute Gasteiger partial charge is 0.481 e. The van der Waals surface area contributed by atoms with Gasteiger partial charge >= 0.3 is 11.9 Å². The molecule has 0 aromatic carbocycles. The van der Waals surface area contributed by atoms with Crippen molar-refractivity contribution in [2.75, 3.05) is 0 Å². The van der Waals surface area contributed by atoms with Crippen molar-refractivity contribution in [2.24, 2.45) is 0 Å². The Labute approximate surface area is 239 Å². The van der Waals surface area contributed by atoms with Crippen LogP contribution in [0.4, 0.5) is 0 Å². The van der Waals surface area contributed by atoms with Crippen LogP contribution in [0.1, 0.15) is 129 Å². The van der Waals surface area contributed by atoms with Crippen LogP contribution in [0.2, 0.25) is 0 Å². The maximum Gasteiger partial charge on any atom is 0.306 e. The SMILES string of the molecule is CC/C=C\C/C=C\C/C=C\C/C=C\CCC(=O)OC(/C=C\C/C=C\CCCCCC)CCCCCCC(=O)O. The number of hydrogen-bond acceptors (Lipinski definition) is 3. The van der Waals surface area contributed by atoms with E-state index in [-0.39, 0.29) is 18.5 Å². The number of allylic oxidation sites excluding steroid dienone is 11. The molecule has 0 rings (SSSR count). The number of carbonyl (C=O) groups excluding carboxylic acids is 1. The van der Waals surface area contributed by atoms with Gasteiger partial charge in [-0.2, -0.15) is 0 Å². The topological polar surface area (TPSA) is 63.6 Å². The number of rotatable bonds is 26. The van der Waals surface area contributed by atoms with E-state index in [1.165, 1.54) is 25.7 Å². The molecule has 0 amide bonds. The van der Waals surface area contributed by atoms with Crippen molar-refractivity contribution in [1.29, 1.82) is 0 Å². The molecule has 0 aromatic rings. The van der Waals surface area contributed by atoms with Crippen molar-refractivity contribution < 1.29 is 19.4 Å². The van der Waals surface area contributed by atoms with Gasteiger partial charge in [0.05, 0.1) is 0 Å². The number of hydrogen-bond donors (Lipinski definition) is 1.